The van der Waals surface area contributed by atoms with Gasteiger partial charge in [-0.05, 0) is 30.3 Å². The number of aromatic nitrogens is 1. The monoisotopic (exact) mass is 316 g/mol. The van der Waals surface area contributed by atoms with Gasteiger partial charge in [0.15, 0.2) is 5.69 Å². The van der Waals surface area contributed by atoms with E-state index in [0.717, 1.165) is 18.2 Å². The van der Waals surface area contributed by atoms with E-state index < -0.39 is 17.6 Å². The van der Waals surface area contributed by atoms with Gasteiger partial charge in [0, 0.05) is 16.9 Å². The zero-order chi connectivity index (χ0) is 15.6. The lowest BCUT2D eigenvalue weighted by atomic mass is 10.2. The zero-order valence-corrected chi connectivity index (χ0v) is 11.0. The number of hydrogen-bond acceptors (Lipinski definition) is 3. The summed E-state index contributed by atoms with van der Waals surface area (Å²) in [5.41, 5.74) is -1.44. The number of hydrogen-bond donors (Lipinski definition) is 2. The van der Waals surface area contributed by atoms with Crippen LogP contribution in [0, 0.1) is 0 Å². The van der Waals surface area contributed by atoms with Crippen molar-refractivity contribution in [3.63, 3.8) is 0 Å². The fourth-order valence-corrected chi connectivity index (χ4v) is 1.82. The molecule has 0 fully saturated rings. The molecule has 0 aliphatic carbocycles. The number of carbonyl (C=O) groups is 1. The van der Waals surface area contributed by atoms with Gasteiger partial charge in [0.05, 0.1) is 5.56 Å². The van der Waals surface area contributed by atoms with Gasteiger partial charge >= 0.3 is 6.18 Å². The molecule has 0 unspecified atom stereocenters. The standard InChI is InChI=1S/C13H8ClF3N2O2/c14-8-4-7(13(15,16)17)5-9(6-8)19-12(21)11-10(20)2-1-3-18-11/h1-6,20H,(H,19,21). The van der Waals surface area contributed by atoms with Crippen LogP contribution in [0.1, 0.15) is 16.1 Å². The van der Waals surface area contributed by atoms with Crippen LogP contribution in [0.4, 0.5) is 18.9 Å². The maximum atomic E-state index is 12.6. The number of benzene rings is 1. The number of aromatic hydroxyl groups is 1. The zero-order valence-electron chi connectivity index (χ0n) is 10.3. The number of anilines is 1. The molecule has 0 aliphatic rings. The van der Waals surface area contributed by atoms with Crippen molar-refractivity contribution < 1.29 is 23.1 Å². The van der Waals surface area contributed by atoms with E-state index in [0.29, 0.717) is 0 Å². The Morgan fingerprint density at radius 3 is 2.62 bits per heavy atom. The fourth-order valence-electron chi connectivity index (χ4n) is 1.59. The summed E-state index contributed by atoms with van der Waals surface area (Å²) in [6.07, 6.45) is -3.31. The summed E-state index contributed by atoms with van der Waals surface area (Å²) in [5, 5.41) is 11.5. The van der Waals surface area contributed by atoms with Crippen molar-refractivity contribution in [1.29, 1.82) is 0 Å². The molecule has 2 rings (SSSR count). The summed E-state index contributed by atoms with van der Waals surface area (Å²) in [6, 6.07) is 5.29. The van der Waals surface area contributed by atoms with Crippen molar-refractivity contribution in [1.82, 2.24) is 4.98 Å². The average molecular weight is 317 g/mol. The summed E-state index contributed by atoms with van der Waals surface area (Å²) >= 11 is 5.60. The number of rotatable bonds is 2. The molecule has 8 heteroatoms. The number of alkyl halides is 3. The molecule has 0 radical (unpaired) electrons. The van der Waals surface area contributed by atoms with Gasteiger partial charge in [-0.1, -0.05) is 11.6 Å². The van der Waals surface area contributed by atoms with Gasteiger partial charge in [-0.15, -0.1) is 0 Å². The first kappa shape index (κ1) is 15.1. The summed E-state index contributed by atoms with van der Waals surface area (Å²) in [5.74, 6) is -1.23. The summed E-state index contributed by atoms with van der Waals surface area (Å²) in [6.45, 7) is 0. The molecule has 4 nitrogen and oxygen atoms in total. The molecule has 1 aromatic carbocycles. The van der Waals surface area contributed by atoms with Gasteiger partial charge in [-0.3, -0.25) is 4.79 Å². The van der Waals surface area contributed by atoms with Crippen LogP contribution in [0.3, 0.4) is 0 Å². The van der Waals surface area contributed by atoms with Crippen molar-refractivity contribution in [3.8, 4) is 5.75 Å². The molecule has 2 aromatic rings. The fraction of sp³-hybridized carbons (Fsp3) is 0.0769. The third-order valence-corrected chi connectivity index (χ3v) is 2.70. The first-order valence-corrected chi connectivity index (χ1v) is 5.98. The van der Waals surface area contributed by atoms with Gasteiger partial charge in [-0.25, -0.2) is 4.98 Å². The average Bonchev–Trinajstić information content (AvgIpc) is 2.37. The number of amides is 1. The van der Waals surface area contributed by atoms with Crippen molar-refractivity contribution >= 4 is 23.2 Å². The van der Waals surface area contributed by atoms with Crippen LogP contribution in [0.2, 0.25) is 5.02 Å². The largest absolute Gasteiger partial charge is 0.505 e. The predicted octanol–water partition coefficient (Wildman–Crippen LogP) is 3.71. The highest BCUT2D eigenvalue weighted by Gasteiger charge is 2.31. The van der Waals surface area contributed by atoms with Gasteiger partial charge < -0.3 is 10.4 Å². The second kappa shape index (κ2) is 5.61. The van der Waals surface area contributed by atoms with Gasteiger partial charge in [0.1, 0.15) is 5.75 Å². The molecule has 1 aromatic heterocycles. The van der Waals surface area contributed by atoms with Crippen molar-refractivity contribution in [2.75, 3.05) is 5.32 Å². The van der Waals surface area contributed by atoms with Crippen LogP contribution >= 0.6 is 11.6 Å². The third-order valence-electron chi connectivity index (χ3n) is 2.48. The van der Waals surface area contributed by atoms with E-state index in [1.54, 1.807) is 0 Å². The lowest BCUT2D eigenvalue weighted by Crippen LogP contribution is -2.14. The van der Waals surface area contributed by atoms with Crippen LogP contribution in [0.5, 0.6) is 5.75 Å². The second-order valence-electron chi connectivity index (χ2n) is 4.05. The molecule has 2 N–H and O–H groups in total. The highest BCUT2D eigenvalue weighted by molar-refractivity contribution is 6.31. The molecule has 1 amide bonds. The molecule has 0 saturated carbocycles. The molecule has 0 bridgehead atoms. The highest BCUT2D eigenvalue weighted by Crippen LogP contribution is 2.33. The Kier molecular flexibility index (Phi) is 4.04. The molecule has 1 heterocycles. The lowest BCUT2D eigenvalue weighted by Gasteiger charge is -2.11. The van der Waals surface area contributed by atoms with E-state index in [1.165, 1.54) is 18.3 Å². The summed E-state index contributed by atoms with van der Waals surface area (Å²) < 4.78 is 37.9. The summed E-state index contributed by atoms with van der Waals surface area (Å²) in [4.78, 5) is 15.5. The van der Waals surface area contributed by atoms with E-state index in [4.69, 9.17) is 11.6 Å². The number of pyridine rings is 1. The Morgan fingerprint density at radius 2 is 2.00 bits per heavy atom. The maximum absolute atomic E-state index is 12.6. The highest BCUT2D eigenvalue weighted by atomic mass is 35.5. The Balaban J connectivity index is 2.30. The smallest absolute Gasteiger partial charge is 0.416 e. The molecule has 21 heavy (non-hydrogen) atoms. The van der Waals surface area contributed by atoms with Gasteiger partial charge in [0.25, 0.3) is 5.91 Å². The molecular formula is C13H8ClF3N2O2. The molecule has 0 atom stereocenters. The number of nitrogens with one attached hydrogen (secondary N) is 1. The quantitative estimate of drug-likeness (QED) is 0.887. The van der Waals surface area contributed by atoms with Crippen molar-refractivity contribution in [2.24, 2.45) is 0 Å². The molecule has 0 saturated heterocycles. The topological polar surface area (TPSA) is 62.2 Å². The number of carbonyl (C=O) groups excluding carboxylic acids is 1. The van der Waals surface area contributed by atoms with Gasteiger partial charge in [0.2, 0.25) is 0 Å². The summed E-state index contributed by atoms with van der Waals surface area (Å²) in [7, 11) is 0. The Morgan fingerprint density at radius 1 is 1.29 bits per heavy atom. The van der Waals surface area contributed by atoms with Crippen molar-refractivity contribution in [2.45, 2.75) is 6.18 Å². The Hall–Kier alpha value is -2.28. The molecular weight excluding hydrogens is 309 g/mol. The van der Waals surface area contributed by atoms with E-state index in [-0.39, 0.29) is 22.2 Å². The normalized spacial score (nSPS) is 11.2. The second-order valence-corrected chi connectivity index (χ2v) is 4.49. The van der Waals surface area contributed by atoms with E-state index in [1.807, 2.05) is 0 Å². The van der Waals surface area contributed by atoms with E-state index >= 15 is 0 Å². The van der Waals surface area contributed by atoms with Crippen LogP contribution < -0.4 is 5.32 Å². The lowest BCUT2D eigenvalue weighted by molar-refractivity contribution is -0.137. The molecule has 110 valence electrons. The van der Waals surface area contributed by atoms with Crippen LogP contribution in [0.25, 0.3) is 0 Å². The third kappa shape index (κ3) is 3.63. The van der Waals surface area contributed by atoms with Crippen LogP contribution in [-0.4, -0.2) is 16.0 Å². The maximum Gasteiger partial charge on any atom is 0.416 e. The number of nitrogens with zero attached hydrogens (tertiary/aromatic N) is 1. The predicted molar refractivity (Wildman–Crippen MR) is 70.3 cm³/mol. The SMILES string of the molecule is O=C(Nc1cc(Cl)cc(C(F)(F)F)c1)c1ncccc1O. The molecule has 0 spiro atoms. The minimum Gasteiger partial charge on any atom is -0.505 e. The number of halogens is 4. The minimum absolute atomic E-state index is 0.148. The van der Waals surface area contributed by atoms with E-state index in [2.05, 4.69) is 10.3 Å². The van der Waals surface area contributed by atoms with Crippen LogP contribution in [0.15, 0.2) is 36.5 Å². The minimum atomic E-state index is -4.59. The van der Waals surface area contributed by atoms with E-state index in [9.17, 15) is 23.1 Å². The van der Waals surface area contributed by atoms with Crippen LogP contribution in [-0.2, 0) is 6.18 Å². The first-order chi connectivity index (χ1) is 9.77. The molecule has 0 aliphatic heterocycles. The van der Waals surface area contributed by atoms with Crippen molar-refractivity contribution in [3.05, 3.63) is 52.8 Å². The first-order valence-electron chi connectivity index (χ1n) is 5.60. The van der Waals surface area contributed by atoms with Gasteiger partial charge in [-0.2, -0.15) is 13.2 Å². The Labute approximate surface area is 122 Å². The Bertz CT molecular complexity index is 689.